The third-order valence-corrected chi connectivity index (χ3v) is 5.10. The highest BCUT2D eigenvalue weighted by Gasteiger charge is 2.33. The Morgan fingerprint density at radius 3 is 2.76 bits per heavy atom. The van der Waals surface area contributed by atoms with Gasteiger partial charge in [0.15, 0.2) is 0 Å². The van der Waals surface area contributed by atoms with Gasteiger partial charge in [-0.2, -0.15) is 0 Å². The Labute approximate surface area is 135 Å². The molecule has 0 aromatic carbocycles. The van der Waals surface area contributed by atoms with E-state index in [-0.39, 0.29) is 18.3 Å². The Bertz CT molecular complexity index is 301. The smallest absolute Gasteiger partial charge is 0.220 e. The molecule has 1 aliphatic heterocycles. The van der Waals surface area contributed by atoms with E-state index in [4.69, 9.17) is 4.74 Å². The largest absolute Gasteiger partial charge is 0.385 e. The van der Waals surface area contributed by atoms with E-state index >= 15 is 0 Å². The van der Waals surface area contributed by atoms with Crippen LogP contribution in [0.1, 0.15) is 51.4 Å². The van der Waals surface area contributed by atoms with Crippen molar-refractivity contribution >= 4 is 18.3 Å². The van der Waals surface area contributed by atoms with Crippen LogP contribution < -0.4 is 10.6 Å². The molecular formula is C16H31ClN2O2. The molecule has 0 radical (unpaired) electrons. The topological polar surface area (TPSA) is 50.4 Å². The molecule has 0 spiro atoms. The van der Waals surface area contributed by atoms with Crippen molar-refractivity contribution in [2.24, 2.45) is 11.3 Å². The standard InChI is InChI=1S/C16H30N2O2.ClH/c1-20-11-9-16(7-2-3-8-16)13-18-15(19)5-4-14-6-10-17-12-14;/h14,17H,2-13H2,1H3,(H,18,19);1H. The van der Waals surface area contributed by atoms with Crippen molar-refractivity contribution < 1.29 is 9.53 Å². The molecule has 4 nitrogen and oxygen atoms in total. The molecule has 1 saturated heterocycles. The number of rotatable bonds is 8. The second-order valence-electron chi connectivity index (χ2n) is 6.62. The van der Waals surface area contributed by atoms with Gasteiger partial charge < -0.3 is 15.4 Å². The van der Waals surface area contributed by atoms with Gasteiger partial charge in [-0.05, 0) is 56.5 Å². The number of halogens is 1. The van der Waals surface area contributed by atoms with Gasteiger partial charge in [0.2, 0.25) is 5.91 Å². The molecule has 1 atom stereocenters. The van der Waals surface area contributed by atoms with E-state index in [1.807, 2.05) is 0 Å². The van der Waals surface area contributed by atoms with E-state index in [1.165, 1.54) is 32.1 Å². The maximum Gasteiger partial charge on any atom is 0.220 e. The second kappa shape index (κ2) is 9.65. The number of hydrogen-bond donors (Lipinski definition) is 2. The van der Waals surface area contributed by atoms with E-state index < -0.39 is 0 Å². The molecule has 1 amide bonds. The Kier molecular flexibility index (Phi) is 8.60. The average Bonchev–Trinajstić information content (AvgIpc) is 3.13. The van der Waals surface area contributed by atoms with Gasteiger partial charge in [-0.1, -0.05) is 12.8 Å². The molecule has 1 heterocycles. The fourth-order valence-corrected chi connectivity index (χ4v) is 3.63. The lowest BCUT2D eigenvalue weighted by Crippen LogP contribution is -2.36. The normalized spacial score (nSPS) is 23.8. The molecule has 2 N–H and O–H groups in total. The number of ether oxygens (including phenoxy) is 1. The zero-order valence-electron chi connectivity index (χ0n) is 13.3. The second-order valence-corrected chi connectivity index (χ2v) is 6.62. The molecule has 0 aromatic rings. The first kappa shape index (κ1) is 18.7. The minimum atomic E-state index is 0. The number of nitrogens with one attached hydrogen (secondary N) is 2. The Morgan fingerprint density at radius 1 is 1.38 bits per heavy atom. The monoisotopic (exact) mass is 318 g/mol. The van der Waals surface area contributed by atoms with Crippen LogP contribution in [0.25, 0.3) is 0 Å². The Hall–Kier alpha value is -0.320. The van der Waals surface area contributed by atoms with E-state index in [1.54, 1.807) is 7.11 Å². The fourth-order valence-electron chi connectivity index (χ4n) is 3.63. The highest BCUT2D eigenvalue weighted by atomic mass is 35.5. The average molecular weight is 319 g/mol. The summed E-state index contributed by atoms with van der Waals surface area (Å²) < 4.78 is 5.23. The van der Waals surface area contributed by atoms with Gasteiger partial charge in [-0.3, -0.25) is 4.79 Å². The Morgan fingerprint density at radius 2 is 2.14 bits per heavy atom. The van der Waals surface area contributed by atoms with Crippen LogP contribution in [0.2, 0.25) is 0 Å². The summed E-state index contributed by atoms with van der Waals surface area (Å²) in [5, 5.41) is 6.54. The van der Waals surface area contributed by atoms with Crippen molar-refractivity contribution in [2.75, 3.05) is 33.4 Å². The molecule has 2 rings (SSSR count). The minimum Gasteiger partial charge on any atom is -0.385 e. The van der Waals surface area contributed by atoms with Crippen molar-refractivity contribution in [3.63, 3.8) is 0 Å². The van der Waals surface area contributed by atoms with Gasteiger partial charge in [0.25, 0.3) is 0 Å². The number of amides is 1. The van der Waals surface area contributed by atoms with E-state index in [9.17, 15) is 4.79 Å². The molecule has 0 aromatic heterocycles. The molecule has 2 fully saturated rings. The van der Waals surface area contributed by atoms with Crippen LogP contribution in [0.15, 0.2) is 0 Å². The predicted molar refractivity (Wildman–Crippen MR) is 87.9 cm³/mol. The maximum absolute atomic E-state index is 12.0. The van der Waals surface area contributed by atoms with Crippen LogP contribution in [-0.2, 0) is 9.53 Å². The van der Waals surface area contributed by atoms with Crippen LogP contribution in [-0.4, -0.2) is 39.3 Å². The summed E-state index contributed by atoms with van der Waals surface area (Å²) in [5.74, 6) is 0.940. The van der Waals surface area contributed by atoms with E-state index in [0.717, 1.165) is 39.1 Å². The quantitative estimate of drug-likeness (QED) is 0.723. The maximum atomic E-state index is 12.0. The van der Waals surface area contributed by atoms with Crippen LogP contribution >= 0.6 is 12.4 Å². The van der Waals surface area contributed by atoms with Gasteiger partial charge in [-0.15, -0.1) is 12.4 Å². The molecule has 1 saturated carbocycles. The van der Waals surface area contributed by atoms with Gasteiger partial charge in [0.1, 0.15) is 0 Å². The summed E-state index contributed by atoms with van der Waals surface area (Å²) in [6, 6.07) is 0. The third kappa shape index (κ3) is 6.13. The van der Waals surface area contributed by atoms with Gasteiger partial charge in [-0.25, -0.2) is 0 Å². The predicted octanol–water partition coefficient (Wildman–Crippen LogP) is 2.51. The molecule has 1 unspecified atom stereocenters. The zero-order valence-corrected chi connectivity index (χ0v) is 14.1. The van der Waals surface area contributed by atoms with E-state index in [0.29, 0.717) is 17.8 Å². The van der Waals surface area contributed by atoms with Gasteiger partial charge in [0.05, 0.1) is 0 Å². The van der Waals surface area contributed by atoms with Crippen molar-refractivity contribution in [1.82, 2.24) is 10.6 Å². The number of carbonyl (C=O) groups excluding carboxylic acids is 1. The van der Waals surface area contributed by atoms with Crippen molar-refractivity contribution in [2.45, 2.75) is 51.4 Å². The molecule has 21 heavy (non-hydrogen) atoms. The van der Waals surface area contributed by atoms with Crippen molar-refractivity contribution in [3.8, 4) is 0 Å². The molecule has 124 valence electrons. The molecule has 2 aliphatic rings. The molecule has 1 aliphatic carbocycles. The van der Waals surface area contributed by atoms with Crippen LogP contribution in [0.3, 0.4) is 0 Å². The van der Waals surface area contributed by atoms with E-state index in [2.05, 4.69) is 10.6 Å². The van der Waals surface area contributed by atoms with Crippen LogP contribution in [0.5, 0.6) is 0 Å². The Balaban J connectivity index is 0.00000220. The lowest BCUT2D eigenvalue weighted by atomic mass is 9.83. The summed E-state index contributed by atoms with van der Waals surface area (Å²) >= 11 is 0. The SMILES string of the molecule is COCCC1(CNC(=O)CCC2CCNC2)CCCC1.Cl. The summed E-state index contributed by atoms with van der Waals surface area (Å²) in [6.45, 7) is 3.86. The molecular weight excluding hydrogens is 288 g/mol. The first-order valence-corrected chi connectivity index (χ1v) is 8.20. The minimum absolute atomic E-state index is 0. The van der Waals surface area contributed by atoms with Crippen molar-refractivity contribution in [3.05, 3.63) is 0 Å². The fraction of sp³-hybridized carbons (Fsp3) is 0.938. The summed E-state index contributed by atoms with van der Waals surface area (Å²) in [7, 11) is 1.76. The van der Waals surface area contributed by atoms with Crippen molar-refractivity contribution in [1.29, 1.82) is 0 Å². The summed E-state index contributed by atoms with van der Waals surface area (Å²) in [5.41, 5.74) is 0.306. The highest BCUT2D eigenvalue weighted by Crippen LogP contribution is 2.40. The van der Waals surface area contributed by atoms with Gasteiger partial charge >= 0.3 is 0 Å². The molecule has 5 heteroatoms. The first-order chi connectivity index (χ1) is 9.74. The lowest BCUT2D eigenvalue weighted by molar-refractivity contribution is -0.122. The number of methoxy groups -OCH3 is 1. The third-order valence-electron chi connectivity index (χ3n) is 5.10. The van der Waals surface area contributed by atoms with Gasteiger partial charge in [0, 0.05) is 26.7 Å². The summed E-state index contributed by atoms with van der Waals surface area (Å²) in [4.78, 5) is 12.0. The van der Waals surface area contributed by atoms with Crippen LogP contribution in [0.4, 0.5) is 0 Å². The summed E-state index contributed by atoms with van der Waals surface area (Å²) in [6.07, 6.45) is 9.10. The molecule has 0 bridgehead atoms. The lowest BCUT2D eigenvalue weighted by Gasteiger charge is -2.29. The number of hydrogen-bond acceptors (Lipinski definition) is 3. The van der Waals surface area contributed by atoms with Crippen LogP contribution in [0, 0.1) is 11.3 Å². The first-order valence-electron chi connectivity index (χ1n) is 8.20. The number of carbonyl (C=O) groups is 1. The highest BCUT2D eigenvalue weighted by molar-refractivity contribution is 5.85. The zero-order chi connectivity index (χ0) is 14.3.